The predicted octanol–water partition coefficient (Wildman–Crippen LogP) is 3.37. The lowest BCUT2D eigenvalue weighted by Crippen LogP contribution is -2.20. The predicted molar refractivity (Wildman–Crippen MR) is 72.6 cm³/mol. The summed E-state index contributed by atoms with van der Waals surface area (Å²) in [5.74, 6) is 2.63. The summed E-state index contributed by atoms with van der Waals surface area (Å²) < 4.78 is 22.1. The van der Waals surface area contributed by atoms with Gasteiger partial charge in [0, 0.05) is 6.07 Å². The Morgan fingerprint density at radius 2 is 2.05 bits per heavy atom. The van der Waals surface area contributed by atoms with Crippen LogP contribution in [0.2, 0.25) is 0 Å². The zero-order valence-electron chi connectivity index (χ0n) is 11.6. The van der Waals surface area contributed by atoms with Gasteiger partial charge in [-0.3, -0.25) is 0 Å². The second-order valence-corrected chi connectivity index (χ2v) is 4.75. The van der Waals surface area contributed by atoms with Gasteiger partial charge in [-0.15, -0.1) is 0 Å². The maximum atomic E-state index is 5.79. The summed E-state index contributed by atoms with van der Waals surface area (Å²) in [7, 11) is 0. The van der Waals surface area contributed by atoms with Gasteiger partial charge in [0.25, 0.3) is 0 Å². The molecule has 1 heterocycles. The van der Waals surface area contributed by atoms with Gasteiger partial charge in [-0.2, -0.15) is 0 Å². The molecule has 0 amide bonds. The Morgan fingerprint density at radius 3 is 2.79 bits per heavy atom. The van der Waals surface area contributed by atoms with Gasteiger partial charge in [0.2, 0.25) is 13.1 Å². The zero-order chi connectivity index (χ0) is 13.7. The van der Waals surface area contributed by atoms with Crippen LogP contribution in [0, 0.1) is 5.92 Å². The van der Waals surface area contributed by atoms with E-state index >= 15 is 0 Å². The highest BCUT2D eigenvalue weighted by Crippen LogP contribution is 2.35. The Labute approximate surface area is 113 Å². The van der Waals surface area contributed by atoms with Crippen LogP contribution in [0.5, 0.6) is 17.2 Å². The molecule has 4 heteroatoms. The topological polar surface area (TPSA) is 36.9 Å². The molecule has 0 saturated carbocycles. The van der Waals surface area contributed by atoms with E-state index in [1.165, 1.54) is 0 Å². The Hall–Kier alpha value is -1.68. The lowest BCUT2D eigenvalue weighted by Gasteiger charge is -2.17. The lowest BCUT2D eigenvalue weighted by molar-refractivity contribution is -0.0558. The number of fused-ring (bicyclic) bond motifs is 1. The molecule has 104 valence electrons. The van der Waals surface area contributed by atoms with Crippen LogP contribution in [-0.4, -0.2) is 19.7 Å². The Bertz CT molecular complexity index is 440. The maximum Gasteiger partial charge on any atom is 0.231 e. The third-order valence-corrected chi connectivity index (χ3v) is 2.54. The second-order valence-electron chi connectivity index (χ2n) is 4.75. The summed E-state index contributed by atoms with van der Waals surface area (Å²) in [4.78, 5) is 0. The second kappa shape index (κ2) is 6.48. The molecule has 0 radical (unpaired) electrons. The van der Waals surface area contributed by atoms with E-state index in [1.54, 1.807) is 0 Å². The average molecular weight is 264 g/mol. The van der Waals surface area contributed by atoms with E-state index < -0.39 is 0 Å². The van der Waals surface area contributed by atoms with Crippen molar-refractivity contribution in [2.45, 2.75) is 27.1 Å². The number of ether oxygens (including phenoxy) is 4. The Kier molecular flexibility index (Phi) is 4.68. The van der Waals surface area contributed by atoms with Gasteiger partial charge in [0.05, 0.1) is 6.61 Å². The Balaban J connectivity index is 2.00. The van der Waals surface area contributed by atoms with E-state index in [9.17, 15) is 0 Å². The van der Waals surface area contributed by atoms with Crippen molar-refractivity contribution in [3.05, 3.63) is 30.4 Å². The monoisotopic (exact) mass is 264 g/mol. The summed E-state index contributed by atoms with van der Waals surface area (Å²) in [5.41, 5.74) is 0. The van der Waals surface area contributed by atoms with Gasteiger partial charge in [-0.05, 0) is 31.1 Å². The van der Waals surface area contributed by atoms with Crippen molar-refractivity contribution in [2.24, 2.45) is 5.92 Å². The highest BCUT2D eigenvalue weighted by Gasteiger charge is 2.15. The van der Waals surface area contributed by atoms with E-state index in [-0.39, 0.29) is 13.1 Å². The van der Waals surface area contributed by atoms with Crippen LogP contribution < -0.4 is 14.2 Å². The molecule has 4 nitrogen and oxygen atoms in total. The Morgan fingerprint density at radius 1 is 1.26 bits per heavy atom. The minimum atomic E-state index is -0.382. The molecule has 1 aliphatic rings. The molecule has 0 spiro atoms. The molecule has 1 aliphatic heterocycles. The third kappa shape index (κ3) is 3.89. The normalized spacial score (nSPS) is 15.2. The lowest BCUT2D eigenvalue weighted by atomic mass is 10.2. The molecule has 0 N–H and O–H groups in total. The zero-order valence-corrected chi connectivity index (χ0v) is 11.6. The minimum absolute atomic E-state index is 0.265. The third-order valence-electron chi connectivity index (χ3n) is 2.54. The minimum Gasteiger partial charge on any atom is -0.461 e. The summed E-state index contributed by atoms with van der Waals surface area (Å²) in [6.07, 6.45) is 3.41. The van der Waals surface area contributed by atoms with Crippen molar-refractivity contribution < 1.29 is 18.9 Å². The van der Waals surface area contributed by atoms with Crippen LogP contribution in [0.3, 0.4) is 0 Å². The fourth-order valence-electron chi connectivity index (χ4n) is 1.66. The molecular formula is C15H20O4. The molecule has 0 saturated heterocycles. The van der Waals surface area contributed by atoms with Crippen molar-refractivity contribution in [3.8, 4) is 17.2 Å². The van der Waals surface area contributed by atoms with Gasteiger partial charge in [0.15, 0.2) is 11.5 Å². The summed E-state index contributed by atoms with van der Waals surface area (Å²) >= 11 is 0. The van der Waals surface area contributed by atoms with Gasteiger partial charge in [0.1, 0.15) is 5.75 Å². The maximum absolute atomic E-state index is 5.79. The summed E-state index contributed by atoms with van der Waals surface area (Å²) in [6, 6.07) is 5.51. The van der Waals surface area contributed by atoms with Gasteiger partial charge in [-0.25, -0.2) is 0 Å². The van der Waals surface area contributed by atoms with Gasteiger partial charge >= 0.3 is 0 Å². The standard InChI is InChI=1S/C15H20O4/c1-4-5-15(16-9-11(2)3)19-12-6-7-13-14(8-12)18-10-17-13/h4-8,11,15H,9-10H2,1-3H3. The number of allylic oxidation sites excluding steroid dienone is 1. The van der Waals surface area contributed by atoms with Gasteiger partial charge < -0.3 is 18.9 Å². The van der Waals surface area contributed by atoms with E-state index in [0.29, 0.717) is 24.0 Å². The van der Waals surface area contributed by atoms with Crippen molar-refractivity contribution >= 4 is 0 Å². The first-order valence-electron chi connectivity index (χ1n) is 6.49. The van der Waals surface area contributed by atoms with Gasteiger partial charge in [-0.1, -0.05) is 19.9 Å². The number of rotatable bonds is 6. The first-order chi connectivity index (χ1) is 9.19. The van der Waals surface area contributed by atoms with E-state index in [4.69, 9.17) is 18.9 Å². The van der Waals surface area contributed by atoms with Crippen LogP contribution in [0.15, 0.2) is 30.4 Å². The number of hydrogen-bond acceptors (Lipinski definition) is 4. The smallest absolute Gasteiger partial charge is 0.231 e. The number of hydrogen-bond donors (Lipinski definition) is 0. The molecule has 1 unspecified atom stereocenters. The van der Waals surface area contributed by atoms with Crippen LogP contribution in [0.1, 0.15) is 20.8 Å². The van der Waals surface area contributed by atoms with Crippen LogP contribution >= 0.6 is 0 Å². The summed E-state index contributed by atoms with van der Waals surface area (Å²) in [6.45, 7) is 7.07. The van der Waals surface area contributed by atoms with Crippen LogP contribution in [0.4, 0.5) is 0 Å². The average Bonchev–Trinajstić information content (AvgIpc) is 2.83. The highest BCUT2D eigenvalue weighted by atomic mass is 16.7. The van der Waals surface area contributed by atoms with E-state index in [1.807, 2.05) is 37.3 Å². The van der Waals surface area contributed by atoms with Crippen molar-refractivity contribution in [1.82, 2.24) is 0 Å². The molecule has 0 bridgehead atoms. The van der Waals surface area contributed by atoms with Crippen LogP contribution in [-0.2, 0) is 4.74 Å². The fourth-order valence-corrected chi connectivity index (χ4v) is 1.66. The summed E-state index contributed by atoms with van der Waals surface area (Å²) in [5, 5.41) is 0. The largest absolute Gasteiger partial charge is 0.461 e. The molecule has 0 fully saturated rings. The molecule has 19 heavy (non-hydrogen) atoms. The van der Waals surface area contributed by atoms with E-state index in [0.717, 1.165) is 5.75 Å². The highest BCUT2D eigenvalue weighted by molar-refractivity contribution is 5.46. The molecule has 1 atom stereocenters. The van der Waals surface area contributed by atoms with Crippen LogP contribution in [0.25, 0.3) is 0 Å². The molecular weight excluding hydrogens is 244 g/mol. The van der Waals surface area contributed by atoms with Crippen molar-refractivity contribution in [1.29, 1.82) is 0 Å². The SMILES string of the molecule is CC=CC(OCC(C)C)Oc1ccc2c(c1)OCO2. The molecule has 1 aromatic carbocycles. The quantitative estimate of drug-likeness (QED) is 0.583. The van der Waals surface area contributed by atoms with Crippen molar-refractivity contribution in [2.75, 3.05) is 13.4 Å². The molecule has 1 aromatic rings. The molecule has 2 rings (SSSR count). The fraction of sp³-hybridized carbons (Fsp3) is 0.467. The molecule has 0 aromatic heterocycles. The van der Waals surface area contributed by atoms with Crippen molar-refractivity contribution in [3.63, 3.8) is 0 Å². The molecule has 0 aliphatic carbocycles. The number of benzene rings is 1. The van der Waals surface area contributed by atoms with E-state index in [2.05, 4.69) is 13.8 Å². The first-order valence-corrected chi connectivity index (χ1v) is 6.49. The first kappa shape index (κ1) is 13.7.